The molecule has 0 radical (unpaired) electrons. The molecule has 0 bridgehead atoms. The molecule has 2 aliphatic rings. The Morgan fingerprint density at radius 2 is 1.95 bits per heavy atom. The Kier molecular flexibility index (Phi) is 3.37. The van der Waals surface area contributed by atoms with Crippen molar-refractivity contribution in [3.63, 3.8) is 0 Å². The topological polar surface area (TPSA) is 41.9 Å². The quantitative estimate of drug-likeness (QED) is 0.845. The first kappa shape index (κ1) is 12.8. The molecular formula is C15H21NO3. The Balaban J connectivity index is 1.42. The maximum atomic E-state index is 10.2. The standard InChI is InChI=1S/C15H21NO3/c1-18-13-4-2-3-5-14(13)19-9-8-16-10-15(17,11-16)12-6-7-12/h2-5,12,17H,6-11H2,1H3. The summed E-state index contributed by atoms with van der Waals surface area (Å²) in [6.07, 6.45) is 2.39. The van der Waals surface area contributed by atoms with Crippen LogP contribution in [0.2, 0.25) is 0 Å². The summed E-state index contributed by atoms with van der Waals surface area (Å²) in [4.78, 5) is 2.24. The van der Waals surface area contributed by atoms with Crippen molar-refractivity contribution in [2.24, 2.45) is 5.92 Å². The highest BCUT2D eigenvalue weighted by Gasteiger charge is 2.51. The molecule has 4 nitrogen and oxygen atoms in total. The number of aliphatic hydroxyl groups is 1. The van der Waals surface area contributed by atoms with Gasteiger partial charge in [-0.2, -0.15) is 0 Å². The van der Waals surface area contributed by atoms with Gasteiger partial charge in [-0.15, -0.1) is 0 Å². The van der Waals surface area contributed by atoms with E-state index in [0.29, 0.717) is 12.5 Å². The molecule has 1 heterocycles. The van der Waals surface area contributed by atoms with Crippen LogP contribution in [0.25, 0.3) is 0 Å². The van der Waals surface area contributed by atoms with Gasteiger partial charge in [0.2, 0.25) is 0 Å². The zero-order chi connectivity index (χ0) is 13.3. The highest BCUT2D eigenvalue weighted by atomic mass is 16.5. The Hall–Kier alpha value is -1.26. The Labute approximate surface area is 113 Å². The second kappa shape index (κ2) is 5.02. The third kappa shape index (κ3) is 2.69. The fourth-order valence-corrected chi connectivity index (χ4v) is 2.79. The van der Waals surface area contributed by atoms with Gasteiger partial charge in [-0.1, -0.05) is 12.1 Å². The zero-order valence-corrected chi connectivity index (χ0v) is 11.3. The smallest absolute Gasteiger partial charge is 0.161 e. The van der Waals surface area contributed by atoms with Gasteiger partial charge in [-0.25, -0.2) is 0 Å². The number of methoxy groups -OCH3 is 1. The first-order valence-corrected chi connectivity index (χ1v) is 6.92. The van der Waals surface area contributed by atoms with Crippen molar-refractivity contribution in [3.05, 3.63) is 24.3 Å². The zero-order valence-electron chi connectivity index (χ0n) is 11.3. The fraction of sp³-hybridized carbons (Fsp3) is 0.600. The van der Waals surface area contributed by atoms with Crippen molar-refractivity contribution >= 4 is 0 Å². The lowest BCUT2D eigenvalue weighted by Gasteiger charge is -2.47. The molecule has 1 aromatic carbocycles. The van der Waals surface area contributed by atoms with Crippen molar-refractivity contribution in [1.29, 1.82) is 0 Å². The van der Waals surface area contributed by atoms with Crippen molar-refractivity contribution < 1.29 is 14.6 Å². The Bertz CT molecular complexity index is 439. The normalized spacial score (nSPS) is 21.8. The third-order valence-electron chi connectivity index (χ3n) is 4.07. The monoisotopic (exact) mass is 263 g/mol. The molecule has 1 aromatic rings. The van der Waals surface area contributed by atoms with Gasteiger partial charge in [-0.3, -0.25) is 4.90 Å². The van der Waals surface area contributed by atoms with Gasteiger partial charge in [-0.05, 0) is 30.9 Å². The number of likely N-dealkylation sites (tertiary alicyclic amines) is 1. The average Bonchev–Trinajstić information content (AvgIpc) is 3.21. The van der Waals surface area contributed by atoms with Crippen LogP contribution in [0.15, 0.2) is 24.3 Å². The largest absolute Gasteiger partial charge is 0.493 e. The number of hydrogen-bond donors (Lipinski definition) is 1. The van der Waals surface area contributed by atoms with E-state index in [4.69, 9.17) is 9.47 Å². The minimum Gasteiger partial charge on any atom is -0.493 e. The number of benzene rings is 1. The summed E-state index contributed by atoms with van der Waals surface area (Å²) in [7, 11) is 1.65. The molecule has 19 heavy (non-hydrogen) atoms. The first-order valence-electron chi connectivity index (χ1n) is 6.92. The van der Waals surface area contributed by atoms with Gasteiger partial charge in [0.25, 0.3) is 0 Å². The molecule has 0 amide bonds. The second-order valence-electron chi connectivity index (χ2n) is 5.59. The van der Waals surface area contributed by atoms with Crippen molar-refractivity contribution in [2.75, 3.05) is 33.4 Å². The number of ether oxygens (including phenoxy) is 2. The van der Waals surface area contributed by atoms with Crippen LogP contribution >= 0.6 is 0 Å². The van der Waals surface area contributed by atoms with Crippen molar-refractivity contribution in [1.82, 2.24) is 4.90 Å². The molecule has 4 heteroatoms. The van der Waals surface area contributed by atoms with E-state index in [0.717, 1.165) is 31.1 Å². The van der Waals surface area contributed by atoms with Crippen molar-refractivity contribution in [2.45, 2.75) is 18.4 Å². The van der Waals surface area contributed by atoms with E-state index in [9.17, 15) is 5.11 Å². The van der Waals surface area contributed by atoms with Crippen LogP contribution in [0, 0.1) is 5.92 Å². The first-order chi connectivity index (χ1) is 9.21. The van der Waals surface area contributed by atoms with E-state index in [1.165, 1.54) is 12.8 Å². The van der Waals surface area contributed by atoms with E-state index in [1.54, 1.807) is 7.11 Å². The fourth-order valence-electron chi connectivity index (χ4n) is 2.79. The molecule has 1 aliphatic heterocycles. The lowest BCUT2D eigenvalue weighted by molar-refractivity contribution is -0.115. The number of hydrogen-bond acceptors (Lipinski definition) is 4. The minimum absolute atomic E-state index is 0.398. The molecule has 2 fully saturated rings. The molecule has 1 N–H and O–H groups in total. The maximum Gasteiger partial charge on any atom is 0.161 e. The van der Waals surface area contributed by atoms with Gasteiger partial charge in [0.15, 0.2) is 11.5 Å². The van der Waals surface area contributed by atoms with Gasteiger partial charge in [0.1, 0.15) is 6.61 Å². The summed E-state index contributed by atoms with van der Waals surface area (Å²) in [6, 6.07) is 7.67. The summed E-state index contributed by atoms with van der Waals surface area (Å²) >= 11 is 0. The van der Waals surface area contributed by atoms with Crippen LogP contribution in [0.5, 0.6) is 11.5 Å². The molecule has 0 spiro atoms. The summed E-state index contributed by atoms with van der Waals surface area (Å²) in [5, 5.41) is 10.2. The molecule has 0 unspecified atom stereocenters. The van der Waals surface area contributed by atoms with Gasteiger partial charge in [0.05, 0.1) is 12.7 Å². The van der Waals surface area contributed by atoms with Crippen LogP contribution < -0.4 is 9.47 Å². The average molecular weight is 263 g/mol. The minimum atomic E-state index is -0.398. The van der Waals surface area contributed by atoms with E-state index in [2.05, 4.69) is 4.90 Å². The van der Waals surface area contributed by atoms with Crippen LogP contribution in [0.3, 0.4) is 0 Å². The summed E-state index contributed by atoms with van der Waals surface area (Å²) in [5.41, 5.74) is -0.398. The van der Waals surface area contributed by atoms with E-state index >= 15 is 0 Å². The number of β-amino-alcohol motifs (C(OH)–C–C–N with tert-alkyl or cyclic N) is 1. The Morgan fingerprint density at radius 3 is 2.58 bits per heavy atom. The van der Waals surface area contributed by atoms with E-state index in [1.807, 2.05) is 24.3 Å². The van der Waals surface area contributed by atoms with Gasteiger partial charge in [0, 0.05) is 19.6 Å². The van der Waals surface area contributed by atoms with Gasteiger partial charge < -0.3 is 14.6 Å². The van der Waals surface area contributed by atoms with E-state index < -0.39 is 5.60 Å². The van der Waals surface area contributed by atoms with Crippen LogP contribution in [0.1, 0.15) is 12.8 Å². The maximum absolute atomic E-state index is 10.2. The van der Waals surface area contributed by atoms with Crippen LogP contribution in [-0.4, -0.2) is 49.0 Å². The van der Waals surface area contributed by atoms with Crippen molar-refractivity contribution in [3.8, 4) is 11.5 Å². The second-order valence-corrected chi connectivity index (χ2v) is 5.59. The SMILES string of the molecule is COc1ccccc1OCCN1CC(O)(C2CC2)C1. The molecule has 3 rings (SSSR count). The predicted octanol–water partition coefficient (Wildman–Crippen LogP) is 1.53. The highest BCUT2D eigenvalue weighted by molar-refractivity contribution is 5.39. The van der Waals surface area contributed by atoms with E-state index in [-0.39, 0.29) is 0 Å². The van der Waals surface area contributed by atoms with Gasteiger partial charge >= 0.3 is 0 Å². The summed E-state index contributed by atoms with van der Waals surface area (Å²) in [5.74, 6) is 2.10. The number of nitrogens with zero attached hydrogens (tertiary/aromatic N) is 1. The molecule has 1 saturated carbocycles. The molecule has 104 valence electrons. The molecular weight excluding hydrogens is 242 g/mol. The highest BCUT2D eigenvalue weighted by Crippen LogP contribution is 2.44. The number of para-hydroxylation sites is 2. The third-order valence-corrected chi connectivity index (χ3v) is 4.07. The van der Waals surface area contributed by atoms with Crippen LogP contribution in [-0.2, 0) is 0 Å². The molecule has 0 aromatic heterocycles. The molecule has 0 atom stereocenters. The lowest BCUT2D eigenvalue weighted by atomic mass is 9.89. The summed E-state index contributed by atoms with van der Waals surface area (Å²) in [6.45, 7) is 3.08. The predicted molar refractivity (Wildman–Crippen MR) is 72.6 cm³/mol. The molecule has 1 aliphatic carbocycles. The lowest BCUT2D eigenvalue weighted by Crippen LogP contribution is -2.63. The summed E-state index contributed by atoms with van der Waals surface area (Å²) < 4.78 is 11.0. The van der Waals surface area contributed by atoms with Crippen LogP contribution in [0.4, 0.5) is 0 Å². The molecule has 1 saturated heterocycles. The number of rotatable bonds is 6. The Morgan fingerprint density at radius 1 is 1.26 bits per heavy atom.